The number of hydrogen-bond acceptors (Lipinski definition) is 2. The number of H-pyrrole nitrogens is 3. The van der Waals surface area contributed by atoms with E-state index in [1.807, 2.05) is 38.1 Å². The molecule has 6 heteroatoms. The summed E-state index contributed by atoms with van der Waals surface area (Å²) >= 11 is 0. The van der Waals surface area contributed by atoms with Crippen molar-refractivity contribution in [1.82, 2.24) is 15.0 Å². The number of aromatic nitrogens is 3. The van der Waals surface area contributed by atoms with Gasteiger partial charge in [0.05, 0.1) is 10.6 Å². The molecule has 5 nitrogen and oxygen atoms in total. The second-order valence-corrected chi connectivity index (χ2v) is 4.22. The van der Waals surface area contributed by atoms with Gasteiger partial charge in [0, 0.05) is 38.1 Å². The van der Waals surface area contributed by atoms with Gasteiger partial charge in [0.1, 0.15) is 0 Å². The molecule has 0 bridgehead atoms. The number of rotatable bonds is 0. The molecule has 0 aliphatic rings. The van der Waals surface area contributed by atoms with Crippen LogP contribution in [-0.2, 0) is 32.7 Å². The van der Waals surface area contributed by atoms with E-state index < -0.39 is 11.2 Å². The van der Waals surface area contributed by atoms with Gasteiger partial charge in [-0.25, -0.2) is 4.79 Å². The Labute approximate surface area is 151 Å². The molecule has 0 aliphatic carbocycles. The molecule has 3 rings (SSSR count). The standard InChI is InChI=1S/C14H10N3O2.C2H6.Y/c1-7-9-5-3-4-6-10(9)12(15-7)11-8(2)16-14(19)17-13(11)18;1-2;/h1,3-6,15H,2H2,(H2,16,17,18,19);1-2H3;/q-1;;/b12-11+;;. The van der Waals surface area contributed by atoms with Crippen LogP contribution in [-0.4, -0.2) is 15.0 Å². The summed E-state index contributed by atoms with van der Waals surface area (Å²) < 4.78 is 0. The zero-order chi connectivity index (χ0) is 15.6. The smallest absolute Gasteiger partial charge is 0.326 e. The van der Waals surface area contributed by atoms with E-state index in [1.54, 1.807) is 0 Å². The molecule has 0 amide bonds. The Morgan fingerprint density at radius 2 is 1.59 bits per heavy atom. The van der Waals surface area contributed by atoms with Gasteiger partial charge in [-0.1, -0.05) is 44.0 Å². The average Bonchev–Trinajstić information content (AvgIpc) is 2.78. The predicted molar refractivity (Wildman–Crippen MR) is 84.2 cm³/mol. The fourth-order valence-corrected chi connectivity index (χ4v) is 2.20. The maximum absolute atomic E-state index is 11.9. The van der Waals surface area contributed by atoms with Crippen LogP contribution in [0.1, 0.15) is 13.8 Å². The van der Waals surface area contributed by atoms with Gasteiger partial charge in [0.25, 0.3) is 5.56 Å². The van der Waals surface area contributed by atoms with E-state index in [0.717, 1.165) is 10.8 Å². The van der Waals surface area contributed by atoms with E-state index in [9.17, 15) is 9.59 Å². The van der Waals surface area contributed by atoms with E-state index in [0.29, 0.717) is 10.7 Å². The number of hydrogen-bond donors (Lipinski definition) is 3. The minimum atomic E-state index is -0.581. The molecule has 0 aliphatic heterocycles. The van der Waals surface area contributed by atoms with Crippen LogP contribution in [0.4, 0.5) is 0 Å². The third-order valence-corrected chi connectivity index (χ3v) is 3.02. The largest absolute Gasteiger partial charge is 0.390 e. The number of fused-ring (bicyclic) bond motifs is 1. The first kappa shape index (κ1) is 18.3. The van der Waals surface area contributed by atoms with Crippen LogP contribution in [0.5, 0.6) is 0 Å². The Balaban J connectivity index is 0.000000775. The van der Waals surface area contributed by atoms with Crippen molar-refractivity contribution in [2.24, 2.45) is 0 Å². The minimum Gasteiger partial charge on any atom is -0.390 e. The second kappa shape index (κ2) is 7.52. The Morgan fingerprint density at radius 1 is 1.00 bits per heavy atom. The third-order valence-electron chi connectivity index (χ3n) is 3.02. The van der Waals surface area contributed by atoms with Crippen LogP contribution < -0.4 is 21.9 Å². The molecule has 0 saturated heterocycles. The van der Waals surface area contributed by atoms with Crippen LogP contribution in [0.2, 0.25) is 0 Å². The van der Waals surface area contributed by atoms with Crippen molar-refractivity contribution in [2.45, 2.75) is 13.8 Å². The molecule has 2 heterocycles. The molecular weight excluding hydrogens is 355 g/mol. The summed E-state index contributed by atoms with van der Waals surface area (Å²) in [5.41, 5.74) is -1.08. The zero-order valence-corrected chi connectivity index (χ0v) is 15.3. The van der Waals surface area contributed by atoms with E-state index in [2.05, 4.69) is 21.5 Å². The van der Waals surface area contributed by atoms with E-state index in [1.165, 1.54) is 0 Å². The average molecular weight is 371 g/mol. The summed E-state index contributed by atoms with van der Waals surface area (Å²) in [7, 11) is 0. The number of benzene rings is 1. The Bertz CT molecular complexity index is 1060. The number of aromatic amines is 3. The van der Waals surface area contributed by atoms with Crippen molar-refractivity contribution in [2.75, 3.05) is 0 Å². The summed E-state index contributed by atoms with van der Waals surface area (Å²) in [5, 5.41) is 3.18. The SMILES string of the molecule is CC.[CH-]=c1[nH]/c(=c2\c(=C)[nH]c(=O)[nH]c2=O)c2ccccc12.[Y]. The first-order valence-corrected chi connectivity index (χ1v) is 6.63. The quantitative estimate of drug-likeness (QED) is 0.505. The summed E-state index contributed by atoms with van der Waals surface area (Å²) in [6, 6.07) is 7.41. The van der Waals surface area contributed by atoms with Crippen molar-refractivity contribution in [3.05, 3.63) is 66.4 Å². The number of nitrogens with one attached hydrogen (secondary N) is 3. The summed E-state index contributed by atoms with van der Waals surface area (Å²) in [4.78, 5) is 30.7. The molecular formula is C16H16N3O2Y-. The molecule has 22 heavy (non-hydrogen) atoms. The van der Waals surface area contributed by atoms with Gasteiger partial charge >= 0.3 is 5.69 Å². The Kier molecular flexibility index (Phi) is 6.26. The molecule has 2 aromatic heterocycles. The van der Waals surface area contributed by atoms with Gasteiger partial charge < -0.3 is 9.97 Å². The van der Waals surface area contributed by atoms with Gasteiger partial charge in [-0.2, -0.15) is 0 Å². The minimum absolute atomic E-state index is 0. The molecule has 0 saturated carbocycles. The van der Waals surface area contributed by atoms with Crippen molar-refractivity contribution in [1.29, 1.82) is 0 Å². The van der Waals surface area contributed by atoms with E-state index >= 15 is 0 Å². The molecule has 0 unspecified atom stereocenters. The van der Waals surface area contributed by atoms with Crippen LogP contribution in [0, 0.1) is 10.6 Å². The third kappa shape index (κ3) is 3.20. The van der Waals surface area contributed by atoms with Gasteiger partial charge in [0.15, 0.2) is 0 Å². The van der Waals surface area contributed by atoms with Crippen molar-refractivity contribution in [3.8, 4) is 0 Å². The van der Waals surface area contributed by atoms with Crippen LogP contribution >= 0.6 is 0 Å². The molecule has 1 radical (unpaired) electrons. The normalized spacial score (nSPS) is 11.4. The topological polar surface area (TPSA) is 81.5 Å². The van der Waals surface area contributed by atoms with Crippen molar-refractivity contribution >= 4 is 23.9 Å². The molecule has 111 valence electrons. The van der Waals surface area contributed by atoms with Crippen molar-refractivity contribution < 1.29 is 32.7 Å². The predicted octanol–water partition coefficient (Wildman–Crippen LogP) is 0.553. The Morgan fingerprint density at radius 3 is 2.18 bits per heavy atom. The monoisotopic (exact) mass is 371 g/mol. The molecule has 0 fully saturated rings. The van der Waals surface area contributed by atoms with E-state index in [-0.39, 0.29) is 43.3 Å². The zero-order valence-electron chi connectivity index (χ0n) is 12.5. The molecule has 0 atom stereocenters. The second-order valence-electron chi connectivity index (χ2n) is 4.22. The summed E-state index contributed by atoms with van der Waals surface area (Å²) in [5.74, 6) is 0. The summed E-state index contributed by atoms with van der Waals surface area (Å²) in [6.07, 6.45) is 0. The Hall–Kier alpha value is -1.72. The molecule has 3 aromatic rings. The summed E-state index contributed by atoms with van der Waals surface area (Å²) in [6.45, 7) is 13.6. The van der Waals surface area contributed by atoms with E-state index in [4.69, 9.17) is 6.58 Å². The fraction of sp³-hybridized carbons (Fsp3) is 0.125. The van der Waals surface area contributed by atoms with Gasteiger partial charge in [-0.15, -0.1) is 16.8 Å². The maximum Gasteiger partial charge on any atom is 0.326 e. The van der Waals surface area contributed by atoms with Crippen molar-refractivity contribution in [3.63, 3.8) is 0 Å². The first-order valence-electron chi connectivity index (χ1n) is 6.63. The van der Waals surface area contributed by atoms with Gasteiger partial charge in [-0.3, -0.25) is 16.4 Å². The molecule has 0 spiro atoms. The first-order chi connectivity index (χ1) is 10.1. The van der Waals surface area contributed by atoms with Crippen LogP contribution in [0.3, 0.4) is 0 Å². The molecule has 1 aromatic carbocycles. The fourth-order valence-electron chi connectivity index (χ4n) is 2.20. The maximum atomic E-state index is 11.9. The van der Waals surface area contributed by atoms with Gasteiger partial charge in [0.2, 0.25) is 0 Å². The van der Waals surface area contributed by atoms with Gasteiger partial charge in [-0.05, 0) is 0 Å². The van der Waals surface area contributed by atoms with Crippen LogP contribution in [0.15, 0.2) is 33.9 Å². The molecule has 3 N–H and O–H groups in total. The van der Waals surface area contributed by atoms with Crippen LogP contribution in [0.25, 0.3) is 23.9 Å².